The van der Waals surface area contributed by atoms with Gasteiger partial charge in [0.15, 0.2) is 0 Å². The van der Waals surface area contributed by atoms with E-state index in [1.54, 1.807) is 10.9 Å². The first-order valence-electron chi connectivity index (χ1n) is 14.0. The van der Waals surface area contributed by atoms with Gasteiger partial charge in [0.05, 0.1) is 48.6 Å². The SMILES string of the molecule is C#Cc1cc2nc(c1)-c1cnnn1Cc1cccc(n1)CN1CCN(CC(=O)O)CCN(CCN(CC(=O)O)CC1)C2.[Eu]. The number of aromatic nitrogens is 5. The van der Waals surface area contributed by atoms with Gasteiger partial charge in [-0.05, 0) is 24.3 Å². The molecular weight excluding hydrogens is 690 g/mol. The Labute approximate surface area is 291 Å². The van der Waals surface area contributed by atoms with Gasteiger partial charge >= 0.3 is 11.9 Å². The van der Waals surface area contributed by atoms with E-state index < -0.39 is 11.9 Å². The molecule has 0 aromatic carbocycles. The van der Waals surface area contributed by atoms with Crippen molar-refractivity contribution < 1.29 is 69.2 Å². The van der Waals surface area contributed by atoms with E-state index >= 15 is 0 Å². The van der Waals surface area contributed by atoms with Crippen LogP contribution in [-0.2, 0) is 29.2 Å². The molecule has 13 nitrogen and oxygen atoms in total. The quantitative estimate of drug-likeness (QED) is 0.354. The van der Waals surface area contributed by atoms with Crippen molar-refractivity contribution in [2.75, 3.05) is 65.4 Å². The maximum atomic E-state index is 11.7. The Hall–Kier alpha value is -2.64. The van der Waals surface area contributed by atoms with E-state index in [0.717, 1.165) is 22.8 Å². The normalized spacial score (nSPS) is 20.2. The first-order valence-corrected chi connectivity index (χ1v) is 14.0. The second kappa shape index (κ2) is 15.9. The molecule has 1 saturated heterocycles. The Bertz CT molecular complexity index is 1430. The molecule has 3 aromatic rings. The van der Waals surface area contributed by atoms with Crippen LogP contribution < -0.4 is 0 Å². The Kier molecular flexibility index (Phi) is 12.3. The molecule has 3 aliphatic rings. The van der Waals surface area contributed by atoms with E-state index in [-0.39, 0.29) is 62.5 Å². The van der Waals surface area contributed by atoms with Crippen LogP contribution in [0.2, 0.25) is 0 Å². The molecule has 0 unspecified atom stereocenters. The number of hydrogen-bond donors (Lipinski definition) is 2. The fraction of sp³-hybridized carbons (Fsp3) is 0.448. The summed E-state index contributed by atoms with van der Waals surface area (Å²) in [4.78, 5) is 41.6. The smallest absolute Gasteiger partial charge is 0.317 e. The van der Waals surface area contributed by atoms with Gasteiger partial charge in [-0.2, -0.15) is 0 Å². The first kappa shape index (κ1) is 33.3. The van der Waals surface area contributed by atoms with Crippen molar-refractivity contribution in [2.24, 2.45) is 0 Å². The van der Waals surface area contributed by atoms with Gasteiger partial charge in [-0.3, -0.25) is 34.2 Å². The van der Waals surface area contributed by atoms with Crippen molar-refractivity contribution in [3.63, 3.8) is 0 Å². The molecule has 1 radical (unpaired) electrons. The maximum absolute atomic E-state index is 11.7. The first-order chi connectivity index (χ1) is 20.3. The summed E-state index contributed by atoms with van der Waals surface area (Å²) in [6, 6.07) is 9.57. The van der Waals surface area contributed by atoms with Crippen LogP contribution in [0.3, 0.4) is 0 Å². The van der Waals surface area contributed by atoms with Gasteiger partial charge in [0.1, 0.15) is 5.69 Å². The van der Waals surface area contributed by atoms with E-state index in [9.17, 15) is 19.8 Å². The molecule has 6 rings (SSSR count). The average molecular weight is 726 g/mol. The Balaban J connectivity index is 0.00000423. The summed E-state index contributed by atoms with van der Waals surface area (Å²) < 4.78 is 1.77. The van der Waals surface area contributed by atoms with Crippen LogP contribution in [-0.4, -0.2) is 132 Å². The van der Waals surface area contributed by atoms with Crippen molar-refractivity contribution in [1.82, 2.24) is 44.6 Å². The zero-order chi connectivity index (χ0) is 29.5. The molecule has 0 spiro atoms. The van der Waals surface area contributed by atoms with Gasteiger partial charge < -0.3 is 10.2 Å². The number of nitrogens with zero attached hydrogens (tertiary/aromatic N) is 9. The molecule has 1 fully saturated rings. The van der Waals surface area contributed by atoms with Crippen LogP contribution in [0.1, 0.15) is 22.6 Å². The zero-order valence-electron chi connectivity index (χ0n) is 23.8. The number of carbonyl (C=O) groups is 2. The summed E-state index contributed by atoms with van der Waals surface area (Å²) in [5.74, 6) is 0.984. The van der Waals surface area contributed by atoms with Gasteiger partial charge in [0.2, 0.25) is 0 Å². The van der Waals surface area contributed by atoms with Crippen LogP contribution in [0.4, 0.5) is 0 Å². The van der Waals surface area contributed by atoms with Crippen LogP contribution >= 0.6 is 0 Å². The molecule has 227 valence electrons. The molecule has 0 aliphatic carbocycles. The van der Waals surface area contributed by atoms with Crippen LogP contribution in [0.5, 0.6) is 0 Å². The monoisotopic (exact) mass is 726 g/mol. The zero-order valence-corrected chi connectivity index (χ0v) is 26.3. The Morgan fingerprint density at radius 1 is 0.791 bits per heavy atom. The summed E-state index contributed by atoms with van der Waals surface area (Å²) in [5, 5.41) is 27.7. The molecule has 3 aliphatic heterocycles. The molecule has 14 heteroatoms. The van der Waals surface area contributed by atoms with Crippen LogP contribution in [0.25, 0.3) is 11.4 Å². The van der Waals surface area contributed by atoms with E-state index in [4.69, 9.17) is 16.4 Å². The van der Waals surface area contributed by atoms with Crippen molar-refractivity contribution in [1.29, 1.82) is 0 Å². The summed E-state index contributed by atoms with van der Waals surface area (Å²) in [5.41, 5.74) is 4.46. The van der Waals surface area contributed by atoms with Gasteiger partial charge in [-0.15, -0.1) is 11.5 Å². The average Bonchev–Trinajstić information content (AvgIpc) is 3.41. The second-order valence-electron chi connectivity index (χ2n) is 10.7. The van der Waals surface area contributed by atoms with Crippen molar-refractivity contribution >= 4 is 11.9 Å². The maximum Gasteiger partial charge on any atom is 0.317 e. The third-order valence-electron chi connectivity index (χ3n) is 7.52. The molecule has 0 atom stereocenters. The molecular formula is C29H35EuN9O4. The van der Waals surface area contributed by atoms with E-state index in [2.05, 4.69) is 26.0 Å². The predicted octanol–water partition coefficient (Wildman–Crippen LogP) is 0.169. The summed E-state index contributed by atoms with van der Waals surface area (Å²) >= 11 is 0. The Morgan fingerprint density at radius 3 is 1.91 bits per heavy atom. The number of hydrogen-bond acceptors (Lipinski definition) is 10. The van der Waals surface area contributed by atoms with E-state index in [1.807, 2.05) is 40.1 Å². The predicted molar refractivity (Wildman–Crippen MR) is 153 cm³/mol. The van der Waals surface area contributed by atoms with Gasteiger partial charge in [0, 0.05) is 120 Å². The minimum atomic E-state index is -0.873. The molecule has 2 N–H and O–H groups in total. The van der Waals surface area contributed by atoms with Crippen molar-refractivity contribution in [3.8, 4) is 23.7 Å². The van der Waals surface area contributed by atoms with Gasteiger partial charge in [0.25, 0.3) is 0 Å². The van der Waals surface area contributed by atoms with Crippen LogP contribution in [0.15, 0.2) is 36.5 Å². The molecule has 0 amide bonds. The van der Waals surface area contributed by atoms with Gasteiger partial charge in [-0.25, -0.2) is 9.67 Å². The fourth-order valence-electron chi connectivity index (χ4n) is 5.37. The fourth-order valence-corrected chi connectivity index (χ4v) is 5.37. The summed E-state index contributed by atoms with van der Waals surface area (Å²) in [6.07, 6.45) is 7.50. The van der Waals surface area contributed by atoms with Crippen molar-refractivity contribution in [3.05, 3.63) is 59.2 Å². The number of carboxylic acid groups (broad SMARTS) is 2. The van der Waals surface area contributed by atoms with E-state index in [1.165, 1.54) is 0 Å². The number of rotatable bonds is 4. The van der Waals surface area contributed by atoms with Crippen LogP contribution in [0, 0.1) is 61.7 Å². The number of fused-ring (bicyclic) bond motifs is 8. The molecule has 3 aromatic heterocycles. The minimum Gasteiger partial charge on any atom is -0.480 e. The number of pyridine rings is 2. The summed E-state index contributed by atoms with van der Waals surface area (Å²) in [6.45, 7) is 5.82. The molecule has 0 saturated carbocycles. The molecule has 6 bridgehead atoms. The third kappa shape index (κ3) is 9.68. The van der Waals surface area contributed by atoms with E-state index in [0.29, 0.717) is 83.2 Å². The summed E-state index contributed by atoms with van der Waals surface area (Å²) in [7, 11) is 0. The number of aliphatic carboxylic acids is 2. The molecule has 43 heavy (non-hydrogen) atoms. The Morgan fingerprint density at radius 2 is 1.35 bits per heavy atom. The number of terminal acetylenes is 1. The number of carboxylic acids is 2. The second-order valence-corrected chi connectivity index (χ2v) is 10.7. The minimum absolute atomic E-state index is 0. The topological polar surface area (TPSA) is 144 Å². The van der Waals surface area contributed by atoms with Crippen molar-refractivity contribution in [2.45, 2.75) is 19.6 Å². The van der Waals surface area contributed by atoms with Gasteiger partial charge in [-0.1, -0.05) is 17.2 Å². The standard InChI is InChI=1S/C29H35N9O4.Eu/c1-2-22-14-25-18-35-8-12-36(20-28(39)40)10-6-34(7-11-37(13-9-35)21-29(41)42)17-23-4-3-5-24(31-23)19-38-27(16-30-33-38)26(15-22)32-25;/h1,3-5,14-16H,6-13,17-21H2,(H,39,40)(H,41,42);. The third-order valence-corrected chi connectivity index (χ3v) is 7.52. The largest absolute Gasteiger partial charge is 0.480 e. The molecule has 6 heterocycles.